The third kappa shape index (κ3) is 2.85. The number of nitrogens with zero attached hydrogens (tertiary/aromatic N) is 4. The van der Waals surface area contributed by atoms with Crippen LogP contribution in [0.25, 0.3) is 5.65 Å². The van der Waals surface area contributed by atoms with Gasteiger partial charge in [-0.1, -0.05) is 0 Å². The van der Waals surface area contributed by atoms with Crippen molar-refractivity contribution < 1.29 is 17.9 Å². The van der Waals surface area contributed by atoms with Gasteiger partial charge < -0.3 is 10.1 Å². The minimum absolute atomic E-state index is 0.126. The summed E-state index contributed by atoms with van der Waals surface area (Å²) in [5.41, 5.74) is 1.54. The van der Waals surface area contributed by atoms with E-state index >= 15 is 0 Å². The maximum atomic E-state index is 13.0. The number of hydrogen-bond donors (Lipinski definition) is 1. The Kier molecular flexibility index (Phi) is 3.91. The van der Waals surface area contributed by atoms with E-state index in [-0.39, 0.29) is 17.8 Å². The van der Waals surface area contributed by atoms with Crippen LogP contribution in [0.2, 0.25) is 0 Å². The second-order valence-corrected chi connectivity index (χ2v) is 5.87. The summed E-state index contributed by atoms with van der Waals surface area (Å²) < 4.78 is 45.1. The van der Waals surface area contributed by atoms with Crippen molar-refractivity contribution in [2.24, 2.45) is 0 Å². The number of hydrogen-bond acceptors (Lipinski definition) is 5. The number of alkyl halides is 3. The van der Waals surface area contributed by atoms with Crippen LogP contribution in [0.5, 0.6) is 0 Å². The summed E-state index contributed by atoms with van der Waals surface area (Å²) in [6.07, 6.45) is -1.79. The second kappa shape index (κ2) is 5.63. The van der Waals surface area contributed by atoms with Crippen LogP contribution in [-0.2, 0) is 10.9 Å². The molecule has 0 aromatic carbocycles. The zero-order valence-corrected chi connectivity index (χ0v) is 13.1. The molecule has 0 amide bonds. The lowest BCUT2D eigenvalue weighted by atomic mass is 10.1. The van der Waals surface area contributed by atoms with Gasteiger partial charge in [0.05, 0.1) is 6.10 Å². The topological polar surface area (TPSA) is 64.3 Å². The Hall–Kier alpha value is -1.90. The predicted octanol–water partition coefficient (Wildman–Crippen LogP) is 2.74. The highest BCUT2D eigenvalue weighted by Gasteiger charge is 2.38. The van der Waals surface area contributed by atoms with E-state index in [1.807, 2.05) is 6.92 Å². The van der Waals surface area contributed by atoms with Gasteiger partial charge in [0.25, 0.3) is 5.82 Å². The second-order valence-electron chi connectivity index (χ2n) is 5.87. The summed E-state index contributed by atoms with van der Waals surface area (Å²) in [4.78, 5) is 0. The maximum Gasteiger partial charge on any atom is 0.453 e. The molecule has 0 saturated heterocycles. The molecule has 23 heavy (non-hydrogen) atoms. The maximum absolute atomic E-state index is 13.0. The average Bonchev–Trinajstić information content (AvgIpc) is 3.10. The van der Waals surface area contributed by atoms with Crippen LogP contribution in [0.1, 0.15) is 36.2 Å². The molecule has 3 rings (SSSR count). The number of ether oxygens (including phenoxy) is 1. The molecule has 1 saturated carbocycles. The lowest BCUT2D eigenvalue weighted by Gasteiger charge is -2.17. The summed E-state index contributed by atoms with van der Waals surface area (Å²) in [5.74, 6) is -0.679. The van der Waals surface area contributed by atoms with Crippen LogP contribution < -0.4 is 5.32 Å². The van der Waals surface area contributed by atoms with Crippen molar-refractivity contribution >= 4 is 11.5 Å². The minimum atomic E-state index is -4.60. The fraction of sp³-hybridized carbons (Fsp3) is 0.643. The molecular weight excluding hydrogens is 311 g/mol. The fourth-order valence-corrected chi connectivity index (χ4v) is 2.92. The number of halogens is 3. The van der Waals surface area contributed by atoms with Crippen LogP contribution in [0.3, 0.4) is 0 Å². The molecule has 2 atom stereocenters. The highest BCUT2D eigenvalue weighted by atomic mass is 19.4. The average molecular weight is 329 g/mol. The molecule has 0 bridgehead atoms. The van der Waals surface area contributed by atoms with Crippen LogP contribution in [0, 0.1) is 13.8 Å². The van der Waals surface area contributed by atoms with Crippen LogP contribution in [-0.4, -0.2) is 39.1 Å². The van der Waals surface area contributed by atoms with Gasteiger partial charge in [-0.25, -0.2) is 0 Å². The third-order valence-electron chi connectivity index (χ3n) is 4.41. The molecule has 2 unspecified atom stereocenters. The molecule has 0 radical (unpaired) electrons. The van der Waals surface area contributed by atoms with Gasteiger partial charge in [-0.3, -0.25) is 0 Å². The highest BCUT2D eigenvalue weighted by Crippen LogP contribution is 2.31. The highest BCUT2D eigenvalue weighted by molar-refractivity contribution is 5.58. The van der Waals surface area contributed by atoms with E-state index in [2.05, 4.69) is 20.6 Å². The minimum Gasteiger partial charge on any atom is -0.381 e. The molecule has 126 valence electrons. The summed E-state index contributed by atoms with van der Waals surface area (Å²) in [5, 5.41) is 14.2. The van der Waals surface area contributed by atoms with E-state index in [0.717, 1.165) is 29.3 Å². The van der Waals surface area contributed by atoms with Crippen LogP contribution in [0.4, 0.5) is 19.0 Å². The zero-order valence-electron chi connectivity index (χ0n) is 13.1. The predicted molar refractivity (Wildman–Crippen MR) is 77.3 cm³/mol. The van der Waals surface area contributed by atoms with Gasteiger partial charge in [0.15, 0.2) is 11.5 Å². The van der Waals surface area contributed by atoms with E-state index in [4.69, 9.17) is 4.74 Å². The molecule has 1 aliphatic carbocycles. The summed E-state index contributed by atoms with van der Waals surface area (Å²) >= 11 is 0. The first-order valence-corrected chi connectivity index (χ1v) is 7.40. The Labute approximate surface area is 131 Å². The Morgan fingerprint density at radius 2 is 1.91 bits per heavy atom. The number of aromatic nitrogens is 4. The Balaban J connectivity index is 1.99. The molecule has 6 nitrogen and oxygen atoms in total. The van der Waals surface area contributed by atoms with Gasteiger partial charge in [-0.05, 0) is 38.7 Å². The van der Waals surface area contributed by atoms with Crippen molar-refractivity contribution in [1.29, 1.82) is 0 Å². The largest absolute Gasteiger partial charge is 0.453 e. The van der Waals surface area contributed by atoms with Crippen molar-refractivity contribution in [2.75, 3.05) is 12.4 Å². The molecule has 1 aliphatic rings. The van der Waals surface area contributed by atoms with Crippen molar-refractivity contribution in [2.45, 2.75) is 51.4 Å². The molecular formula is C14H18F3N5O. The van der Waals surface area contributed by atoms with E-state index in [1.54, 1.807) is 14.0 Å². The Morgan fingerprint density at radius 1 is 1.17 bits per heavy atom. The van der Waals surface area contributed by atoms with Gasteiger partial charge in [0.1, 0.15) is 0 Å². The molecule has 2 aromatic heterocycles. The lowest BCUT2D eigenvalue weighted by Crippen LogP contribution is -2.21. The summed E-state index contributed by atoms with van der Waals surface area (Å²) in [7, 11) is 1.67. The number of anilines is 1. The van der Waals surface area contributed by atoms with Gasteiger partial charge in [0, 0.05) is 18.7 Å². The van der Waals surface area contributed by atoms with Crippen molar-refractivity contribution in [3.05, 3.63) is 17.0 Å². The van der Waals surface area contributed by atoms with E-state index in [0.29, 0.717) is 11.4 Å². The lowest BCUT2D eigenvalue weighted by molar-refractivity contribution is -0.146. The van der Waals surface area contributed by atoms with E-state index in [1.165, 1.54) is 0 Å². The third-order valence-corrected chi connectivity index (χ3v) is 4.41. The Bertz CT molecular complexity index is 727. The SMILES string of the molecule is COC1CCC(Nc2nn3c(C(F)(F)F)nnc3c(C)c2C)C1. The molecule has 1 fully saturated rings. The smallest absolute Gasteiger partial charge is 0.381 e. The van der Waals surface area contributed by atoms with Gasteiger partial charge >= 0.3 is 6.18 Å². The molecule has 0 spiro atoms. The molecule has 2 aromatic rings. The van der Waals surface area contributed by atoms with Gasteiger partial charge in [0.2, 0.25) is 0 Å². The van der Waals surface area contributed by atoms with E-state index < -0.39 is 12.0 Å². The van der Waals surface area contributed by atoms with Gasteiger partial charge in [-0.15, -0.1) is 15.3 Å². The number of aryl methyl sites for hydroxylation is 1. The number of nitrogens with one attached hydrogen (secondary N) is 1. The standard InChI is InChI=1S/C14H18F3N5O/c1-7-8(2)12-19-20-13(14(15,16)17)22(12)21-11(7)18-9-4-5-10(6-9)23-3/h9-10H,4-6H2,1-3H3,(H,18,21). The molecule has 0 aliphatic heterocycles. The first kappa shape index (κ1) is 16.0. The van der Waals surface area contributed by atoms with Gasteiger partial charge in [-0.2, -0.15) is 17.7 Å². The number of fused-ring (bicyclic) bond motifs is 1. The van der Waals surface area contributed by atoms with Crippen LogP contribution in [0.15, 0.2) is 0 Å². The number of methoxy groups -OCH3 is 1. The first-order valence-electron chi connectivity index (χ1n) is 7.40. The molecule has 9 heteroatoms. The van der Waals surface area contributed by atoms with Crippen molar-refractivity contribution in [3.63, 3.8) is 0 Å². The first-order chi connectivity index (χ1) is 10.8. The van der Waals surface area contributed by atoms with Crippen LogP contribution >= 0.6 is 0 Å². The Morgan fingerprint density at radius 3 is 2.52 bits per heavy atom. The van der Waals surface area contributed by atoms with Crippen molar-refractivity contribution in [1.82, 2.24) is 19.8 Å². The summed E-state index contributed by atoms with van der Waals surface area (Å²) in [6.45, 7) is 3.54. The monoisotopic (exact) mass is 329 g/mol. The quantitative estimate of drug-likeness (QED) is 0.938. The normalized spacial score (nSPS) is 22.0. The zero-order chi connectivity index (χ0) is 16.8. The van der Waals surface area contributed by atoms with Crippen molar-refractivity contribution in [3.8, 4) is 0 Å². The number of rotatable bonds is 3. The molecule has 1 N–H and O–H groups in total. The fourth-order valence-electron chi connectivity index (χ4n) is 2.92. The van der Waals surface area contributed by atoms with E-state index in [9.17, 15) is 13.2 Å². The molecule has 2 heterocycles. The summed E-state index contributed by atoms with van der Waals surface area (Å²) in [6, 6.07) is 0.133.